The van der Waals surface area contributed by atoms with Crippen LogP contribution in [0.25, 0.3) is 0 Å². The summed E-state index contributed by atoms with van der Waals surface area (Å²) in [6, 6.07) is 14.2. The third-order valence-corrected chi connectivity index (χ3v) is 4.57. The fraction of sp³-hybridized carbons (Fsp3) is 0.316. The van der Waals surface area contributed by atoms with Crippen LogP contribution in [-0.4, -0.2) is 24.0 Å². The first-order valence-corrected chi connectivity index (χ1v) is 7.93. The first-order valence-electron chi connectivity index (χ1n) is 7.93. The maximum absolute atomic E-state index is 12.8. The van der Waals surface area contributed by atoms with E-state index in [4.69, 9.17) is 4.74 Å². The van der Waals surface area contributed by atoms with Crippen molar-refractivity contribution in [1.82, 2.24) is 4.90 Å². The van der Waals surface area contributed by atoms with E-state index in [0.29, 0.717) is 6.54 Å². The summed E-state index contributed by atoms with van der Waals surface area (Å²) >= 11 is 0. The van der Waals surface area contributed by atoms with Gasteiger partial charge >= 0.3 is 0 Å². The van der Waals surface area contributed by atoms with Crippen LogP contribution in [0.15, 0.2) is 42.5 Å². The molecule has 3 heteroatoms. The number of hydrogen-bond acceptors (Lipinski definition) is 2. The Kier molecular flexibility index (Phi) is 3.34. The minimum Gasteiger partial charge on any atom is -0.493 e. The van der Waals surface area contributed by atoms with E-state index in [-0.39, 0.29) is 5.91 Å². The van der Waals surface area contributed by atoms with Crippen LogP contribution in [0.1, 0.15) is 33.5 Å². The molecule has 2 heterocycles. The Morgan fingerprint density at radius 1 is 1.00 bits per heavy atom. The van der Waals surface area contributed by atoms with Crippen molar-refractivity contribution in [3.63, 3.8) is 0 Å². The maximum Gasteiger partial charge on any atom is 0.254 e. The van der Waals surface area contributed by atoms with E-state index in [1.54, 1.807) is 0 Å². The maximum atomic E-state index is 12.8. The van der Waals surface area contributed by atoms with Gasteiger partial charge in [-0.15, -0.1) is 0 Å². The Labute approximate surface area is 130 Å². The summed E-state index contributed by atoms with van der Waals surface area (Å²) in [5.74, 6) is 1.06. The zero-order chi connectivity index (χ0) is 14.9. The number of carbonyl (C=O) groups is 1. The van der Waals surface area contributed by atoms with Gasteiger partial charge in [-0.3, -0.25) is 4.79 Å². The van der Waals surface area contributed by atoms with Gasteiger partial charge in [0.25, 0.3) is 5.91 Å². The van der Waals surface area contributed by atoms with E-state index in [1.165, 1.54) is 11.1 Å². The lowest BCUT2D eigenvalue weighted by molar-refractivity contribution is 0.0734. The predicted octanol–water partition coefficient (Wildman–Crippen LogP) is 3.21. The number of ether oxygens (including phenoxy) is 1. The molecule has 2 aromatic rings. The summed E-state index contributed by atoms with van der Waals surface area (Å²) in [4.78, 5) is 14.7. The van der Waals surface area contributed by atoms with Gasteiger partial charge < -0.3 is 9.64 Å². The van der Waals surface area contributed by atoms with Gasteiger partial charge in [0.15, 0.2) is 0 Å². The molecule has 0 atom stereocenters. The lowest BCUT2D eigenvalue weighted by atomic mass is 9.98. The average Bonchev–Trinajstić information content (AvgIpc) is 2.60. The Morgan fingerprint density at radius 2 is 1.86 bits per heavy atom. The molecule has 112 valence electrons. The molecule has 2 aromatic carbocycles. The molecule has 0 N–H and O–H groups in total. The molecule has 2 aliphatic rings. The highest BCUT2D eigenvalue weighted by atomic mass is 16.5. The molecule has 0 unspecified atom stereocenters. The molecule has 0 aliphatic carbocycles. The molecule has 0 radical (unpaired) electrons. The molecule has 2 aliphatic heterocycles. The molecule has 3 nitrogen and oxygen atoms in total. The van der Waals surface area contributed by atoms with Gasteiger partial charge in [-0.2, -0.15) is 0 Å². The van der Waals surface area contributed by atoms with Crippen LogP contribution in [0.3, 0.4) is 0 Å². The first-order chi connectivity index (χ1) is 10.8. The summed E-state index contributed by atoms with van der Waals surface area (Å²) < 4.78 is 5.63. The molecule has 22 heavy (non-hydrogen) atoms. The van der Waals surface area contributed by atoms with Crippen LogP contribution < -0.4 is 4.74 Å². The van der Waals surface area contributed by atoms with Gasteiger partial charge in [-0.1, -0.05) is 24.3 Å². The third kappa shape index (κ3) is 2.37. The Morgan fingerprint density at radius 3 is 2.77 bits per heavy atom. The lowest BCUT2D eigenvalue weighted by Gasteiger charge is -2.29. The number of amides is 1. The van der Waals surface area contributed by atoms with Crippen LogP contribution in [-0.2, 0) is 19.4 Å². The normalized spacial score (nSPS) is 16.5. The summed E-state index contributed by atoms with van der Waals surface area (Å²) in [5, 5.41) is 0. The second-order valence-electron chi connectivity index (χ2n) is 6.02. The van der Waals surface area contributed by atoms with Crippen LogP contribution in [0.2, 0.25) is 0 Å². The monoisotopic (exact) mass is 293 g/mol. The number of carbonyl (C=O) groups excluding carboxylic acids is 1. The van der Waals surface area contributed by atoms with Crippen molar-refractivity contribution in [1.29, 1.82) is 0 Å². The van der Waals surface area contributed by atoms with Crippen molar-refractivity contribution >= 4 is 5.91 Å². The summed E-state index contributed by atoms with van der Waals surface area (Å²) in [5.41, 5.74) is 4.58. The van der Waals surface area contributed by atoms with E-state index in [1.807, 2.05) is 29.2 Å². The van der Waals surface area contributed by atoms with Crippen LogP contribution in [0, 0.1) is 0 Å². The molecule has 0 aromatic heterocycles. The molecule has 0 fully saturated rings. The van der Waals surface area contributed by atoms with Crippen molar-refractivity contribution in [3.05, 3.63) is 64.7 Å². The van der Waals surface area contributed by atoms with Crippen molar-refractivity contribution in [3.8, 4) is 5.75 Å². The highest BCUT2D eigenvalue weighted by Crippen LogP contribution is 2.27. The summed E-state index contributed by atoms with van der Waals surface area (Å²) in [7, 11) is 0. The molecule has 0 bridgehead atoms. The fourth-order valence-corrected chi connectivity index (χ4v) is 3.35. The van der Waals surface area contributed by atoms with Crippen LogP contribution >= 0.6 is 0 Å². The van der Waals surface area contributed by atoms with E-state index in [9.17, 15) is 4.79 Å². The Balaban J connectivity index is 1.58. The predicted molar refractivity (Wildman–Crippen MR) is 85.1 cm³/mol. The largest absolute Gasteiger partial charge is 0.493 e. The molecular formula is C19H19NO2. The smallest absolute Gasteiger partial charge is 0.254 e. The zero-order valence-electron chi connectivity index (χ0n) is 12.5. The fourth-order valence-electron chi connectivity index (χ4n) is 3.35. The average molecular weight is 293 g/mol. The highest BCUT2D eigenvalue weighted by Gasteiger charge is 2.22. The molecule has 0 saturated carbocycles. The summed E-state index contributed by atoms with van der Waals surface area (Å²) in [6.07, 6.45) is 2.97. The first kappa shape index (κ1) is 13.4. The SMILES string of the molecule is O=C(c1ccc2c(c1)CCCO2)N1CCc2ccccc2C1. The van der Waals surface area contributed by atoms with E-state index in [2.05, 4.69) is 18.2 Å². The minimum absolute atomic E-state index is 0.128. The van der Waals surface area contributed by atoms with Gasteiger partial charge in [-0.05, 0) is 54.2 Å². The van der Waals surface area contributed by atoms with Gasteiger partial charge in [0.1, 0.15) is 5.75 Å². The zero-order valence-corrected chi connectivity index (χ0v) is 12.5. The molecule has 0 saturated heterocycles. The second-order valence-corrected chi connectivity index (χ2v) is 6.02. The standard InChI is InChI=1S/C19H19NO2/c21-19(16-7-8-18-15(12-16)6-3-11-22-18)20-10-9-14-4-1-2-5-17(14)13-20/h1-2,4-5,7-8,12H,3,6,9-11,13H2. The van der Waals surface area contributed by atoms with E-state index < -0.39 is 0 Å². The molecule has 1 amide bonds. The number of nitrogens with zero attached hydrogens (tertiary/aromatic N) is 1. The van der Waals surface area contributed by atoms with Crippen LogP contribution in [0.4, 0.5) is 0 Å². The van der Waals surface area contributed by atoms with Crippen molar-refractivity contribution in [2.75, 3.05) is 13.2 Å². The van der Waals surface area contributed by atoms with Gasteiger partial charge in [-0.25, -0.2) is 0 Å². The quantitative estimate of drug-likeness (QED) is 0.808. The lowest BCUT2D eigenvalue weighted by Crippen LogP contribution is -2.36. The molecular weight excluding hydrogens is 274 g/mol. The molecule has 0 spiro atoms. The van der Waals surface area contributed by atoms with Gasteiger partial charge in [0.2, 0.25) is 0 Å². The van der Waals surface area contributed by atoms with Crippen molar-refractivity contribution in [2.45, 2.75) is 25.8 Å². The van der Waals surface area contributed by atoms with Gasteiger partial charge in [0.05, 0.1) is 6.61 Å². The number of hydrogen-bond donors (Lipinski definition) is 0. The van der Waals surface area contributed by atoms with Crippen LogP contribution in [0.5, 0.6) is 5.75 Å². The van der Waals surface area contributed by atoms with Crippen molar-refractivity contribution in [2.24, 2.45) is 0 Å². The van der Waals surface area contributed by atoms with E-state index in [0.717, 1.165) is 49.3 Å². The van der Waals surface area contributed by atoms with E-state index >= 15 is 0 Å². The third-order valence-electron chi connectivity index (χ3n) is 4.57. The van der Waals surface area contributed by atoms with Gasteiger partial charge in [0, 0.05) is 18.7 Å². The summed E-state index contributed by atoms with van der Waals surface area (Å²) in [6.45, 7) is 2.29. The highest BCUT2D eigenvalue weighted by molar-refractivity contribution is 5.94. The number of aryl methyl sites for hydroxylation is 1. The Hall–Kier alpha value is -2.29. The number of rotatable bonds is 1. The minimum atomic E-state index is 0.128. The topological polar surface area (TPSA) is 29.5 Å². The number of benzene rings is 2. The Bertz CT molecular complexity index is 723. The molecule has 4 rings (SSSR count). The number of fused-ring (bicyclic) bond motifs is 2. The van der Waals surface area contributed by atoms with Crippen molar-refractivity contribution < 1.29 is 9.53 Å². The second kappa shape index (κ2) is 5.48.